The maximum absolute atomic E-state index is 13.6. The van der Waals surface area contributed by atoms with E-state index in [0.29, 0.717) is 0 Å². The first-order valence-corrected chi connectivity index (χ1v) is 9.92. The van der Waals surface area contributed by atoms with Gasteiger partial charge in [-0.25, -0.2) is 18.3 Å². The van der Waals surface area contributed by atoms with Gasteiger partial charge in [-0.1, -0.05) is 15.9 Å². The van der Waals surface area contributed by atoms with Crippen LogP contribution in [0.15, 0.2) is 0 Å². The SMILES string of the molecule is CC(F)(F)CC(F)(F)OC(F)(F)C(F)(F)OC(F)(F)COC(=O)C(C)(CO)COC(=O)C(C)(C)Br. The molecule has 0 bridgehead atoms. The van der Waals surface area contributed by atoms with Crippen molar-refractivity contribution in [1.29, 1.82) is 0 Å². The Morgan fingerprint density at radius 2 is 1.11 bits per heavy atom. The van der Waals surface area contributed by atoms with Crippen LogP contribution in [0, 0.1) is 5.41 Å². The van der Waals surface area contributed by atoms with Crippen LogP contribution in [0.5, 0.6) is 0 Å². The van der Waals surface area contributed by atoms with Crippen molar-refractivity contribution in [1.82, 2.24) is 0 Å². The Labute approximate surface area is 200 Å². The highest BCUT2D eigenvalue weighted by Crippen LogP contribution is 2.45. The molecule has 0 radical (unpaired) electrons. The summed E-state index contributed by atoms with van der Waals surface area (Å²) in [6.45, 7) is -1.34. The molecule has 1 N–H and O–H groups in total. The lowest BCUT2D eigenvalue weighted by Gasteiger charge is -2.32. The molecule has 0 aromatic carbocycles. The largest absolute Gasteiger partial charge is 0.463 e. The van der Waals surface area contributed by atoms with Crippen LogP contribution in [0.4, 0.5) is 43.9 Å². The topological polar surface area (TPSA) is 91.3 Å². The Hall–Kier alpha value is -1.40. The second-order valence-corrected chi connectivity index (χ2v) is 10.1. The fourth-order valence-electron chi connectivity index (χ4n) is 1.81. The van der Waals surface area contributed by atoms with E-state index in [1.54, 1.807) is 0 Å². The first-order chi connectivity index (χ1) is 15.2. The molecular weight excluding hydrogens is 586 g/mol. The molecule has 0 aromatic heterocycles. The fourth-order valence-corrected chi connectivity index (χ4v) is 1.92. The van der Waals surface area contributed by atoms with Gasteiger partial charge in [0.2, 0.25) is 0 Å². The molecule has 0 heterocycles. The van der Waals surface area contributed by atoms with Crippen molar-refractivity contribution in [2.45, 2.75) is 68.8 Å². The summed E-state index contributed by atoms with van der Waals surface area (Å²) >= 11 is 2.91. The van der Waals surface area contributed by atoms with Gasteiger partial charge in [-0.2, -0.15) is 35.1 Å². The quantitative estimate of drug-likeness (QED) is 0.174. The average Bonchev–Trinajstić information content (AvgIpc) is 2.58. The Kier molecular flexibility index (Phi) is 10.5. The molecule has 18 heteroatoms. The second-order valence-electron chi connectivity index (χ2n) is 8.10. The second kappa shape index (κ2) is 10.9. The third-order valence-electron chi connectivity index (χ3n) is 3.63. The van der Waals surface area contributed by atoms with Gasteiger partial charge in [-0.15, -0.1) is 0 Å². The number of hydrogen-bond acceptors (Lipinski definition) is 7. The lowest BCUT2D eigenvalue weighted by atomic mass is 9.93. The summed E-state index contributed by atoms with van der Waals surface area (Å²) in [6.07, 6.45) is -26.9. The number of alkyl halides is 11. The van der Waals surface area contributed by atoms with Crippen molar-refractivity contribution in [3.63, 3.8) is 0 Å². The van der Waals surface area contributed by atoms with Crippen LogP contribution in [-0.4, -0.2) is 71.5 Å². The molecule has 0 amide bonds. The number of ether oxygens (including phenoxy) is 4. The Morgan fingerprint density at radius 1 is 0.714 bits per heavy atom. The van der Waals surface area contributed by atoms with Crippen LogP contribution in [0.2, 0.25) is 0 Å². The first kappa shape index (κ1) is 33.6. The van der Waals surface area contributed by atoms with Crippen LogP contribution in [0.1, 0.15) is 34.1 Å². The molecule has 35 heavy (non-hydrogen) atoms. The monoisotopic (exact) mass is 606 g/mol. The van der Waals surface area contributed by atoms with Gasteiger partial charge in [0.1, 0.15) is 22.8 Å². The zero-order valence-electron chi connectivity index (χ0n) is 18.4. The first-order valence-electron chi connectivity index (χ1n) is 9.12. The zero-order valence-corrected chi connectivity index (χ0v) is 20.0. The summed E-state index contributed by atoms with van der Waals surface area (Å²) < 4.78 is 145. The van der Waals surface area contributed by atoms with Gasteiger partial charge in [0.15, 0.2) is 6.61 Å². The summed E-state index contributed by atoms with van der Waals surface area (Å²) in [5, 5.41) is 9.30. The molecule has 0 aliphatic carbocycles. The number of rotatable bonds is 14. The highest BCUT2D eigenvalue weighted by Gasteiger charge is 2.68. The number of carbonyl (C=O) groups is 2. The van der Waals surface area contributed by atoms with E-state index in [2.05, 4.69) is 30.1 Å². The number of hydrogen-bond donors (Lipinski definition) is 1. The number of carbonyl (C=O) groups excluding carboxylic acids is 2. The minimum Gasteiger partial charge on any atom is -0.463 e. The van der Waals surface area contributed by atoms with Crippen molar-refractivity contribution in [2.24, 2.45) is 5.41 Å². The van der Waals surface area contributed by atoms with Crippen LogP contribution >= 0.6 is 15.9 Å². The molecule has 1 unspecified atom stereocenters. The normalized spacial score (nSPS) is 16.0. The third-order valence-corrected chi connectivity index (χ3v) is 3.95. The van der Waals surface area contributed by atoms with Gasteiger partial charge in [0, 0.05) is 0 Å². The molecule has 208 valence electrons. The standard InChI is InChI=1S/C17H21BrF10O7/c1-11(2,18)9(30)32-7-12(3,6-29)10(31)33-8-15(23,24)35-17(27,28)16(25,26)34-14(21,22)5-13(4,19)20/h29H,5-8H2,1-4H3. The summed E-state index contributed by atoms with van der Waals surface area (Å²) in [6, 6.07) is 0. The zero-order chi connectivity index (χ0) is 28.3. The van der Waals surface area contributed by atoms with Crippen molar-refractivity contribution >= 4 is 27.9 Å². The molecule has 0 aromatic rings. The van der Waals surface area contributed by atoms with Crippen LogP contribution in [0.25, 0.3) is 0 Å². The maximum Gasteiger partial charge on any atom is 0.453 e. The van der Waals surface area contributed by atoms with Gasteiger partial charge in [-0.05, 0) is 27.7 Å². The van der Waals surface area contributed by atoms with Gasteiger partial charge in [-0.3, -0.25) is 9.59 Å². The Balaban J connectivity index is 5.30. The predicted molar refractivity (Wildman–Crippen MR) is 97.3 cm³/mol. The number of esters is 2. The highest BCUT2D eigenvalue weighted by atomic mass is 79.9. The van der Waals surface area contributed by atoms with Crippen LogP contribution in [-0.2, 0) is 28.5 Å². The van der Waals surface area contributed by atoms with Crippen molar-refractivity contribution in [2.75, 3.05) is 19.8 Å². The van der Waals surface area contributed by atoms with E-state index < -0.39 is 78.3 Å². The molecule has 0 fully saturated rings. The molecule has 0 rings (SSSR count). The van der Waals surface area contributed by atoms with Crippen LogP contribution < -0.4 is 0 Å². The predicted octanol–water partition coefficient (Wildman–Crippen LogP) is 4.69. The van der Waals surface area contributed by atoms with Crippen molar-refractivity contribution in [3.8, 4) is 0 Å². The summed E-state index contributed by atoms with van der Waals surface area (Å²) in [4.78, 5) is 23.7. The Morgan fingerprint density at radius 3 is 1.49 bits per heavy atom. The van der Waals surface area contributed by atoms with Gasteiger partial charge in [0.05, 0.1) is 6.61 Å². The average molecular weight is 607 g/mol. The number of aliphatic hydroxyl groups is 1. The van der Waals surface area contributed by atoms with E-state index in [1.807, 2.05) is 0 Å². The Bertz CT molecular complexity index is 752. The molecule has 0 aliphatic rings. The summed E-state index contributed by atoms with van der Waals surface area (Å²) in [5.74, 6) is -7.13. The van der Waals surface area contributed by atoms with Gasteiger partial charge >= 0.3 is 36.4 Å². The molecule has 0 aliphatic heterocycles. The lowest BCUT2D eigenvalue weighted by Crippen LogP contribution is -2.53. The number of aliphatic hydroxyl groups excluding tert-OH is 1. The molecule has 0 saturated heterocycles. The van der Waals surface area contributed by atoms with Gasteiger partial charge in [0.25, 0.3) is 5.92 Å². The molecular formula is C17H21BrF10O7. The van der Waals surface area contributed by atoms with Crippen molar-refractivity contribution in [3.05, 3.63) is 0 Å². The van der Waals surface area contributed by atoms with E-state index in [-0.39, 0.29) is 6.92 Å². The molecule has 0 spiro atoms. The summed E-state index contributed by atoms with van der Waals surface area (Å²) in [7, 11) is 0. The molecule has 1 atom stereocenters. The van der Waals surface area contributed by atoms with E-state index in [9.17, 15) is 58.6 Å². The van der Waals surface area contributed by atoms with E-state index in [0.717, 1.165) is 6.92 Å². The van der Waals surface area contributed by atoms with E-state index >= 15 is 0 Å². The third kappa shape index (κ3) is 11.0. The van der Waals surface area contributed by atoms with E-state index in [4.69, 9.17) is 4.74 Å². The molecule has 7 nitrogen and oxygen atoms in total. The minimum absolute atomic E-state index is 0.179. The highest BCUT2D eigenvalue weighted by molar-refractivity contribution is 9.10. The number of halogens is 11. The lowest BCUT2D eigenvalue weighted by molar-refractivity contribution is -0.516. The van der Waals surface area contributed by atoms with Crippen molar-refractivity contribution < 1.29 is 77.5 Å². The molecule has 0 saturated carbocycles. The summed E-state index contributed by atoms with van der Waals surface area (Å²) in [5.41, 5.74) is -2.23. The minimum atomic E-state index is -6.55. The van der Waals surface area contributed by atoms with E-state index in [1.165, 1.54) is 13.8 Å². The maximum atomic E-state index is 13.6. The van der Waals surface area contributed by atoms with Gasteiger partial charge < -0.3 is 14.6 Å². The fraction of sp³-hybridized carbons (Fsp3) is 0.882. The van der Waals surface area contributed by atoms with Crippen LogP contribution in [0.3, 0.4) is 0 Å². The smallest absolute Gasteiger partial charge is 0.453 e.